The van der Waals surface area contributed by atoms with Crippen LogP contribution in [-0.4, -0.2) is 55.6 Å². The molecule has 1 heterocycles. The number of nitrogens with one attached hydrogen (secondary N) is 1. The lowest BCUT2D eigenvalue weighted by molar-refractivity contribution is -0.128. The summed E-state index contributed by atoms with van der Waals surface area (Å²) >= 11 is 9.19. The van der Waals surface area contributed by atoms with Gasteiger partial charge in [-0.1, -0.05) is 11.6 Å². The number of amides is 1. The van der Waals surface area contributed by atoms with Crippen molar-refractivity contribution in [3.05, 3.63) is 27.7 Å². The minimum absolute atomic E-state index is 0.0213. The summed E-state index contributed by atoms with van der Waals surface area (Å²) in [7, 11) is 2.07. The van der Waals surface area contributed by atoms with E-state index >= 15 is 0 Å². The molecule has 1 amide bonds. The van der Waals surface area contributed by atoms with Crippen LogP contribution in [0.2, 0.25) is 5.02 Å². The molecule has 110 valence electrons. The fraction of sp³-hybridized carbons (Fsp3) is 0.462. The Morgan fingerprint density at radius 3 is 2.75 bits per heavy atom. The van der Waals surface area contributed by atoms with E-state index in [1.807, 2.05) is 5.01 Å². The molecule has 5 nitrogen and oxygen atoms in total. The lowest BCUT2D eigenvalue weighted by Gasteiger charge is -2.32. The minimum atomic E-state index is -0.156. The van der Waals surface area contributed by atoms with Crippen molar-refractivity contribution in [2.45, 2.75) is 0 Å². The van der Waals surface area contributed by atoms with Gasteiger partial charge >= 0.3 is 0 Å². The number of rotatable bonds is 4. The maximum atomic E-state index is 11.8. The quantitative estimate of drug-likeness (QED) is 0.886. The van der Waals surface area contributed by atoms with E-state index in [-0.39, 0.29) is 12.5 Å². The molecule has 1 aliphatic rings. The number of hydrogen-bond donors (Lipinski definition) is 1. The van der Waals surface area contributed by atoms with Crippen molar-refractivity contribution in [2.75, 3.05) is 39.8 Å². The van der Waals surface area contributed by atoms with Crippen molar-refractivity contribution in [3.8, 4) is 5.75 Å². The van der Waals surface area contributed by atoms with Gasteiger partial charge < -0.3 is 9.64 Å². The van der Waals surface area contributed by atoms with Gasteiger partial charge in [0.05, 0.1) is 4.47 Å². The van der Waals surface area contributed by atoms with E-state index in [9.17, 15) is 4.79 Å². The summed E-state index contributed by atoms with van der Waals surface area (Å²) in [6, 6.07) is 5.19. The van der Waals surface area contributed by atoms with Crippen molar-refractivity contribution in [3.63, 3.8) is 0 Å². The molecule has 0 aliphatic carbocycles. The maximum absolute atomic E-state index is 11.8. The second kappa shape index (κ2) is 7.26. The standard InChI is InChI=1S/C13H17BrClN3O2/c1-17-4-6-18(7-5-17)16-13(19)9-20-12-3-2-10(15)8-11(12)14/h2-3,8H,4-7,9H2,1H3,(H,16,19). The molecular formula is C13H17BrClN3O2. The summed E-state index contributed by atoms with van der Waals surface area (Å²) in [5.74, 6) is 0.444. The molecule has 0 atom stereocenters. The van der Waals surface area contributed by atoms with E-state index < -0.39 is 0 Å². The minimum Gasteiger partial charge on any atom is -0.483 e. The topological polar surface area (TPSA) is 44.8 Å². The van der Waals surface area contributed by atoms with Crippen LogP contribution in [0.25, 0.3) is 0 Å². The fourth-order valence-electron chi connectivity index (χ4n) is 1.86. The highest BCUT2D eigenvalue weighted by molar-refractivity contribution is 9.10. The first-order chi connectivity index (χ1) is 9.54. The average Bonchev–Trinajstić information content (AvgIpc) is 2.40. The molecule has 7 heteroatoms. The number of nitrogens with zero attached hydrogens (tertiary/aromatic N) is 2. The molecule has 0 aromatic heterocycles. The molecule has 1 aromatic rings. The largest absolute Gasteiger partial charge is 0.483 e. The summed E-state index contributed by atoms with van der Waals surface area (Å²) in [5.41, 5.74) is 2.84. The number of ether oxygens (including phenoxy) is 1. The van der Waals surface area contributed by atoms with E-state index in [0.717, 1.165) is 30.7 Å². The molecule has 2 rings (SSSR count). The number of hydrazine groups is 1. The predicted molar refractivity (Wildman–Crippen MR) is 81.9 cm³/mol. The molecule has 1 fully saturated rings. The third-order valence-electron chi connectivity index (χ3n) is 3.04. The van der Waals surface area contributed by atoms with Crippen molar-refractivity contribution >= 4 is 33.4 Å². The van der Waals surface area contributed by atoms with Gasteiger partial charge in [0.25, 0.3) is 5.91 Å². The third kappa shape index (κ3) is 4.63. The van der Waals surface area contributed by atoms with Gasteiger partial charge in [0.1, 0.15) is 5.75 Å². The number of carbonyl (C=O) groups is 1. The lowest BCUT2D eigenvalue weighted by Crippen LogP contribution is -2.53. The average molecular weight is 363 g/mol. The number of hydrogen-bond acceptors (Lipinski definition) is 4. The highest BCUT2D eigenvalue weighted by atomic mass is 79.9. The van der Waals surface area contributed by atoms with Crippen LogP contribution in [0.3, 0.4) is 0 Å². The van der Waals surface area contributed by atoms with E-state index in [2.05, 4.69) is 33.3 Å². The van der Waals surface area contributed by atoms with Crippen LogP contribution in [0.1, 0.15) is 0 Å². The molecule has 1 aromatic carbocycles. The van der Waals surface area contributed by atoms with E-state index in [1.165, 1.54) is 0 Å². The van der Waals surface area contributed by atoms with Crippen molar-refractivity contribution < 1.29 is 9.53 Å². The fourth-order valence-corrected chi connectivity index (χ4v) is 2.66. The van der Waals surface area contributed by atoms with E-state index in [4.69, 9.17) is 16.3 Å². The number of likely N-dealkylation sites (N-methyl/N-ethyl adjacent to an activating group) is 1. The Morgan fingerprint density at radius 2 is 2.10 bits per heavy atom. The van der Waals surface area contributed by atoms with Gasteiger partial charge in [0, 0.05) is 31.2 Å². The molecule has 1 aliphatic heterocycles. The summed E-state index contributed by atoms with van der Waals surface area (Å²) in [4.78, 5) is 14.0. The molecule has 20 heavy (non-hydrogen) atoms. The highest BCUT2D eigenvalue weighted by Crippen LogP contribution is 2.27. The van der Waals surface area contributed by atoms with Gasteiger partial charge in [-0.05, 0) is 41.2 Å². The second-order valence-electron chi connectivity index (χ2n) is 4.69. The van der Waals surface area contributed by atoms with Crippen LogP contribution < -0.4 is 10.2 Å². The van der Waals surface area contributed by atoms with Crippen molar-refractivity contribution in [1.29, 1.82) is 0 Å². The van der Waals surface area contributed by atoms with Gasteiger partial charge in [-0.25, -0.2) is 5.01 Å². The Morgan fingerprint density at radius 1 is 1.40 bits per heavy atom. The molecule has 0 saturated carbocycles. The molecule has 0 bridgehead atoms. The zero-order valence-corrected chi connectivity index (χ0v) is 13.6. The first-order valence-corrected chi connectivity index (χ1v) is 7.52. The van der Waals surface area contributed by atoms with Gasteiger partial charge in [-0.3, -0.25) is 10.2 Å². The number of halogens is 2. The molecule has 0 radical (unpaired) electrons. The van der Waals surface area contributed by atoms with Crippen LogP contribution in [0.5, 0.6) is 5.75 Å². The van der Waals surface area contributed by atoms with Crippen LogP contribution in [0.15, 0.2) is 22.7 Å². The number of benzene rings is 1. The van der Waals surface area contributed by atoms with Gasteiger partial charge in [0.15, 0.2) is 6.61 Å². The Balaban J connectivity index is 1.77. The number of piperazine rings is 1. The van der Waals surface area contributed by atoms with E-state index in [1.54, 1.807) is 18.2 Å². The zero-order chi connectivity index (χ0) is 14.5. The van der Waals surface area contributed by atoms with Crippen molar-refractivity contribution in [2.24, 2.45) is 0 Å². The SMILES string of the molecule is CN1CCN(NC(=O)COc2ccc(Cl)cc2Br)CC1. The highest BCUT2D eigenvalue weighted by Gasteiger charge is 2.16. The normalized spacial score (nSPS) is 16.9. The van der Waals surface area contributed by atoms with Gasteiger partial charge in [-0.2, -0.15) is 0 Å². The van der Waals surface area contributed by atoms with Gasteiger partial charge in [0.2, 0.25) is 0 Å². The first-order valence-electron chi connectivity index (χ1n) is 6.35. The lowest BCUT2D eigenvalue weighted by atomic mass is 10.3. The first kappa shape index (κ1) is 15.6. The van der Waals surface area contributed by atoms with Crippen molar-refractivity contribution in [1.82, 2.24) is 15.3 Å². The van der Waals surface area contributed by atoms with E-state index in [0.29, 0.717) is 10.8 Å². The smallest absolute Gasteiger partial charge is 0.272 e. The Bertz CT molecular complexity index is 479. The number of carbonyl (C=O) groups excluding carboxylic acids is 1. The van der Waals surface area contributed by atoms with Crippen LogP contribution in [0.4, 0.5) is 0 Å². The Hall–Kier alpha value is -0.820. The molecule has 1 N–H and O–H groups in total. The molecule has 1 saturated heterocycles. The third-order valence-corrected chi connectivity index (χ3v) is 3.89. The summed E-state index contributed by atoms with van der Waals surface area (Å²) in [6.07, 6.45) is 0. The molecular weight excluding hydrogens is 346 g/mol. The Labute approximate surface area is 131 Å². The Kier molecular flexibility index (Phi) is 5.65. The zero-order valence-electron chi connectivity index (χ0n) is 11.2. The summed E-state index contributed by atoms with van der Waals surface area (Å²) in [5, 5.41) is 2.54. The maximum Gasteiger partial charge on any atom is 0.272 e. The van der Waals surface area contributed by atoms with Crippen LogP contribution in [0, 0.1) is 0 Å². The van der Waals surface area contributed by atoms with Crippen LogP contribution in [-0.2, 0) is 4.79 Å². The second-order valence-corrected chi connectivity index (χ2v) is 5.98. The van der Waals surface area contributed by atoms with Crippen LogP contribution >= 0.6 is 27.5 Å². The summed E-state index contributed by atoms with van der Waals surface area (Å²) < 4.78 is 6.20. The molecule has 0 spiro atoms. The predicted octanol–water partition coefficient (Wildman–Crippen LogP) is 1.76. The monoisotopic (exact) mass is 361 g/mol. The molecule has 0 unspecified atom stereocenters. The summed E-state index contributed by atoms with van der Waals surface area (Å²) in [6.45, 7) is 3.53. The van der Waals surface area contributed by atoms with Gasteiger partial charge in [-0.15, -0.1) is 0 Å².